The van der Waals surface area contributed by atoms with Crippen molar-refractivity contribution >= 4 is 10.8 Å². The highest BCUT2D eigenvalue weighted by molar-refractivity contribution is 5.85. The van der Waals surface area contributed by atoms with Gasteiger partial charge in [-0.2, -0.15) is 0 Å². The van der Waals surface area contributed by atoms with Crippen molar-refractivity contribution in [3.05, 3.63) is 80.1 Å². The van der Waals surface area contributed by atoms with Gasteiger partial charge in [0.25, 0.3) is 5.56 Å². The van der Waals surface area contributed by atoms with Crippen LogP contribution >= 0.6 is 0 Å². The molecule has 0 aliphatic rings. The van der Waals surface area contributed by atoms with Crippen LogP contribution in [-0.4, -0.2) is 27.9 Å². The smallest absolute Gasteiger partial charge is 0.330 e. The van der Waals surface area contributed by atoms with Gasteiger partial charge < -0.3 is 9.84 Å². The number of nitrogens with zero attached hydrogens (tertiary/aromatic N) is 1. The van der Waals surface area contributed by atoms with Crippen LogP contribution < -0.4 is 11.2 Å². The van der Waals surface area contributed by atoms with Crippen molar-refractivity contribution in [1.29, 1.82) is 0 Å². The Kier molecular flexibility index (Phi) is 5.65. The Morgan fingerprint density at radius 2 is 1.88 bits per heavy atom. The van der Waals surface area contributed by atoms with Gasteiger partial charge in [0.05, 0.1) is 13.2 Å². The summed E-state index contributed by atoms with van der Waals surface area (Å²) in [5.74, 6) is 0. The predicted octanol–water partition coefficient (Wildman–Crippen LogP) is 1.81. The third-order valence-electron chi connectivity index (χ3n) is 4.46. The molecule has 1 aromatic heterocycles. The van der Waals surface area contributed by atoms with E-state index in [2.05, 4.69) is 4.98 Å². The summed E-state index contributed by atoms with van der Waals surface area (Å²) < 4.78 is 6.79. The number of aliphatic hydroxyl groups excluding tert-OH is 1. The number of aliphatic hydroxyl groups is 1. The van der Waals surface area contributed by atoms with Gasteiger partial charge in [-0.3, -0.25) is 14.3 Å². The maximum atomic E-state index is 12.3. The van der Waals surface area contributed by atoms with E-state index < -0.39 is 5.69 Å². The van der Waals surface area contributed by atoms with Gasteiger partial charge in [0, 0.05) is 17.7 Å². The van der Waals surface area contributed by atoms with Crippen molar-refractivity contribution in [3.63, 3.8) is 0 Å². The second-order valence-corrected chi connectivity index (χ2v) is 6.04. The maximum Gasteiger partial charge on any atom is 0.330 e. The first-order valence-corrected chi connectivity index (χ1v) is 8.65. The third kappa shape index (κ3) is 3.61. The number of nitrogens with one attached hydrogen (secondary N) is 1. The number of aromatic nitrogens is 2. The summed E-state index contributed by atoms with van der Waals surface area (Å²) in [5, 5.41) is 11.1. The van der Waals surface area contributed by atoms with Gasteiger partial charge in [-0.05, 0) is 22.8 Å². The first-order valence-electron chi connectivity index (χ1n) is 8.65. The van der Waals surface area contributed by atoms with E-state index in [0.29, 0.717) is 24.1 Å². The van der Waals surface area contributed by atoms with E-state index in [1.165, 1.54) is 4.57 Å². The minimum Gasteiger partial charge on any atom is -0.394 e. The zero-order valence-corrected chi connectivity index (χ0v) is 14.7. The molecule has 3 aromatic rings. The molecule has 1 heterocycles. The molecule has 0 atom stereocenters. The average molecular weight is 354 g/mol. The molecule has 2 N–H and O–H groups in total. The number of fused-ring (bicyclic) bond motifs is 1. The predicted molar refractivity (Wildman–Crippen MR) is 100 cm³/mol. The molecule has 136 valence electrons. The summed E-state index contributed by atoms with van der Waals surface area (Å²) in [4.78, 5) is 27.0. The molecule has 0 radical (unpaired) electrons. The lowest BCUT2D eigenvalue weighted by Gasteiger charge is -2.16. The standard InChI is InChI=1S/C20H22N2O4/c1-2-16-18(22(13-26-11-10-23)20(25)21-19(16)24)12-15-8-5-7-14-6-3-4-9-17(14)15/h3-9,23H,2,10-13H2,1H3,(H,21,24,25). The van der Waals surface area contributed by atoms with Crippen molar-refractivity contribution in [3.8, 4) is 0 Å². The normalized spacial score (nSPS) is 11.2. The van der Waals surface area contributed by atoms with E-state index in [4.69, 9.17) is 9.84 Å². The lowest BCUT2D eigenvalue weighted by atomic mass is 9.98. The molecule has 26 heavy (non-hydrogen) atoms. The Bertz CT molecular complexity index is 1010. The molecule has 0 saturated heterocycles. The first kappa shape index (κ1) is 18.1. The Hall–Kier alpha value is -2.70. The van der Waals surface area contributed by atoms with E-state index >= 15 is 0 Å². The zero-order chi connectivity index (χ0) is 18.5. The lowest BCUT2D eigenvalue weighted by Crippen LogP contribution is -2.36. The van der Waals surface area contributed by atoms with E-state index in [-0.39, 0.29) is 25.5 Å². The van der Waals surface area contributed by atoms with E-state index in [9.17, 15) is 9.59 Å². The monoisotopic (exact) mass is 354 g/mol. The Morgan fingerprint density at radius 1 is 1.12 bits per heavy atom. The van der Waals surface area contributed by atoms with E-state index in [1.807, 2.05) is 49.4 Å². The summed E-state index contributed by atoms with van der Waals surface area (Å²) >= 11 is 0. The molecule has 0 aliphatic heterocycles. The summed E-state index contributed by atoms with van der Waals surface area (Å²) in [6.07, 6.45) is 0.960. The van der Waals surface area contributed by atoms with Crippen molar-refractivity contribution in [1.82, 2.24) is 9.55 Å². The molecule has 2 aromatic carbocycles. The topological polar surface area (TPSA) is 84.3 Å². The molecule has 0 unspecified atom stereocenters. The van der Waals surface area contributed by atoms with Crippen LogP contribution in [0.2, 0.25) is 0 Å². The number of H-pyrrole nitrogens is 1. The van der Waals surface area contributed by atoms with Gasteiger partial charge in [0.2, 0.25) is 0 Å². The number of benzene rings is 2. The summed E-state index contributed by atoms with van der Waals surface area (Å²) in [7, 11) is 0. The first-order chi connectivity index (χ1) is 12.7. The van der Waals surface area contributed by atoms with Crippen molar-refractivity contribution in [2.45, 2.75) is 26.5 Å². The van der Waals surface area contributed by atoms with Crippen molar-refractivity contribution in [2.75, 3.05) is 13.2 Å². The van der Waals surface area contributed by atoms with Gasteiger partial charge in [0.15, 0.2) is 0 Å². The van der Waals surface area contributed by atoms with Crippen LogP contribution in [-0.2, 0) is 24.3 Å². The number of rotatable bonds is 7. The Morgan fingerprint density at radius 3 is 2.65 bits per heavy atom. The van der Waals surface area contributed by atoms with Crippen LogP contribution in [0.4, 0.5) is 0 Å². The molecular weight excluding hydrogens is 332 g/mol. The largest absolute Gasteiger partial charge is 0.394 e. The Labute approximate surface area is 150 Å². The molecule has 6 heteroatoms. The van der Waals surface area contributed by atoms with Gasteiger partial charge in [-0.1, -0.05) is 49.4 Å². The van der Waals surface area contributed by atoms with Crippen LogP contribution in [0.3, 0.4) is 0 Å². The second-order valence-electron chi connectivity index (χ2n) is 6.04. The third-order valence-corrected chi connectivity index (χ3v) is 4.46. The minimum absolute atomic E-state index is 0.0106. The molecule has 0 bridgehead atoms. The van der Waals surface area contributed by atoms with Crippen LogP contribution in [0.25, 0.3) is 10.8 Å². The molecule has 0 aliphatic carbocycles. The van der Waals surface area contributed by atoms with Gasteiger partial charge in [-0.15, -0.1) is 0 Å². The van der Waals surface area contributed by atoms with Gasteiger partial charge in [0.1, 0.15) is 6.73 Å². The van der Waals surface area contributed by atoms with Crippen LogP contribution in [0, 0.1) is 0 Å². The maximum absolute atomic E-state index is 12.3. The number of aromatic amines is 1. The molecule has 0 fully saturated rings. The summed E-state index contributed by atoms with van der Waals surface area (Å²) in [6, 6.07) is 14.0. The highest BCUT2D eigenvalue weighted by Gasteiger charge is 2.15. The molecule has 6 nitrogen and oxygen atoms in total. The van der Waals surface area contributed by atoms with Crippen LogP contribution in [0.1, 0.15) is 23.7 Å². The number of ether oxygens (including phenoxy) is 1. The quantitative estimate of drug-likeness (QED) is 0.634. The highest BCUT2D eigenvalue weighted by Crippen LogP contribution is 2.21. The highest BCUT2D eigenvalue weighted by atomic mass is 16.5. The fourth-order valence-corrected chi connectivity index (χ4v) is 3.21. The molecule has 0 spiro atoms. The number of hydrogen-bond acceptors (Lipinski definition) is 4. The molecule has 0 saturated carbocycles. The van der Waals surface area contributed by atoms with E-state index in [1.54, 1.807) is 0 Å². The van der Waals surface area contributed by atoms with E-state index in [0.717, 1.165) is 16.3 Å². The summed E-state index contributed by atoms with van der Waals surface area (Å²) in [5.41, 5.74) is 1.41. The molecule has 3 rings (SSSR count). The zero-order valence-electron chi connectivity index (χ0n) is 14.7. The van der Waals surface area contributed by atoms with Crippen molar-refractivity contribution < 1.29 is 9.84 Å². The van der Waals surface area contributed by atoms with Crippen molar-refractivity contribution in [2.24, 2.45) is 0 Å². The minimum atomic E-state index is -0.500. The lowest BCUT2D eigenvalue weighted by molar-refractivity contribution is 0.0442. The Balaban J connectivity index is 2.12. The fourth-order valence-electron chi connectivity index (χ4n) is 3.21. The van der Waals surface area contributed by atoms with Gasteiger partial charge in [-0.25, -0.2) is 4.79 Å². The number of hydrogen-bond donors (Lipinski definition) is 2. The second kappa shape index (κ2) is 8.12. The van der Waals surface area contributed by atoms with Crippen LogP contribution in [0.5, 0.6) is 0 Å². The van der Waals surface area contributed by atoms with Gasteiger partial charge >= 0.3 is 5.69 Å². The molecule has 0 amide bonds. The fraction of sp³-hybridized carbons (Fsp3) is 0.300. The summed E-state index contributed by atoms with van der Waals surface area (Å²) in [6.45, 7) is 1.88. The molecular formula is C20H22N2O4. The SMILES string of the molecule is CCc1c(Cc2cccc3ccccc23)n(COCCO)c(=O)[nH]c1=O. The van der Waals surface area contributed by atoms with Crippen LogP contribution in [0.15, 0.2) is 52.1 Å². The average Bonchev–Trinajstić information content (AvgIpc) is 2.64.